The Morgan fingerprint density at radius 3 is 2.71 bits per heavy atom. The fourth-order valence-electron chi connectivity index (χ4n) is 1.99. The quantitative estimate of drug-likeness (QED) is 0.721. The van der Waals surface area contributed by atoms with Crippen molar-refractivity contribution < 1.29 is 4.74 Å². The summed E-state index contributed by atoms with van der Waals surface area (Å²) in [5.41, 5.74) is 2.14. The number of aryl methyl sites for hydroxylation is 1. The zero-order valence-electron chi connectivity index (χ0n) is 11.8. The van der Waals surface area contributed by atoms with E-state index >= 15 is 0 Å². The van der Waals surface area contributed by atoms with Crippen LogP contribution in [0.2, 0.25) is 0 Å². The van der Waals surface area contributed by atoms with Gasteiger partial charge < -0.3 is 4.74 Å². The van der Waals surface area contributed by atoms with Crippen molar-refractivity contribution >= 4 is 0 Å². The third-order valence-corrected chi connectivity index (χ3v) is 3.03. The molecule has 5 nitrogen and oxygen atoms in total. The normalized spacial score (nSPS) is 10.5. The molecular weight excluding hydrogens is 264 g/mol. The van der Waals surface area contributed by atoms with E-state index in [9.17, 15) is 0 Å². The number of benzene rings is 2. The maximum Gasteiger partial charge on any atom is 0.204 e. The smallest absolute Gasteiger partial charge is 0.204 e. The Labute approximate surface area is 123 Å². The van der Waals surface area contributed by atoms with Crippen molar-refractivity contribution in [3.8, 4) is 17.1 Å². The molecule has 1 heterocycles. The molecule has 21 heavy (non-hydrogen) atoms. The molecule has 0 spiro atoms. The molecule has 0 aliphatic carbocycles. The molecule has 0 unspecified atom stereocenters. The number of hydrogen-bond acceptors (Lipinski definition) is 4. The van der Waals surface area contributed by atoms with Gasteiger partial charge >= 0.3 is 0 Å². The van der Waals surface area contributed by atoms with E-state index in [2.05, 4.69) is 15.4 Å². The van der Waals surface area contributed by atoms with Gasteiger partial charge in [-0.05, 0) is 29.8 Å². The summed E-state index contributed by atoms with van der Waals surface area (Å²) in [4.78, 5) is 1.55. The van der Waals surface area contributed by atoms with Crippen LogP contribution in [0.15, 0.2) is 54.6 Å². The molecule has 2 aromatic carbocycles. The van der Waals surface area contributed by atoms with Crippen molar-refractivity contribution in [2.45, 2.75) is 13.5 Å². The molecule has 3 aromatic rings. The van der Waals surface area contributed by atoms with Crippen molar-refractivity contribution in [3.63, 3.8) is 0 Å². The van der Waals surface area contributed by atoms with Gasteiger partial charge in [0.1, 0.15) is 12.4 Å². The van der Waals surface area contributed by atoms with Gasteiger partial charge in [0.15, 0.2) is 0 Å². The van der Waals surface area contributed by atoms with Crippen molar-refractivity contribution in [3.05, 3.63) is 60.2 Å². The highest BCUT2D eigenvalue weighted by Gasteiger charge is 2.05. The monoisotopic (exact) mass is 280 g/mol. The molecule has 0 N–H and O–H groups in total. The summed E-state index contributed by atoms with van der Waals surface area (Å²) in [5.74, 6) is 1.49. The predicted molar refractivity (Wildman–Crippen MR) is 79.9 cm³/mol. The summed E-state index contributed by atoms with van der Waals surface area (Å²) < 4.78 is 5.68. The first-order chi connectivity index (χ1) is 10.3. The van der Waals surface area contributed by atoms with Crippen LogP contribution in [-0.2, 0) is 6.54 Å². The van der Waals surface area contributed by atoms with E-state index in [0.29, 0.717) is 19.0 Å². The number of hydrogen-bond donors (Lipinski definition) is 0. The van der Waals surface area contributed by atoms with Crippen molar-refractivity contribution in [2.24, 2.45) is 0 Å². The van der Waals surface area contributed by atoms with Gasteiger partial charge in [0.25, 0.3) is 0 Å². The second kappa shape index (κ2) is 6.17. The molecule has 106 valence electrons. The van der Waals surface area contributed by atoms with Crippen molar-refractivity contribution in [2.75, 3.05) is 6.61 Å². The van der Waals surface area contributed by atoms with Crippen molar-refractivity contribution in [1.29, 1.82) is 0 Å². The van der Waals surface area contributed by atoms with Crippen LogP contribution in [0.1, 0.15) is 5.56 Å². The topological polar surface area (TPSA) is 52.8 Å². The molecule has 0 saturated carbocycles. The zero-order chi connectivity index (χ0) is 14.5. The van der Waals surface area contributed by atoms with E-state index < -0.39 is 0 Å². The van der Waals surface area contributed by atoms with Gasteiger partial charge in [-0.15, -0.1) is 10.2 Å². The molecule has 0 bridgehead atoms. The summed E-state index contributed by atoms with van der Waals surface area (Å²) in [7, 11) is 0. The third kappa shape index (κ3) is 3.45. The first kappa shape index (κ1) is 13.3. The standard InChI is InChI=1S/C16H16N4O/c1-13-6-5-9-15(12-13)21-11-10-20-18-16(17-19-20)14-7-3-2-4-8-14/h2-9,12H,10-11H2,1H3. The number of aromatic nitrogens is 4. The summed E-state index contributed by atoms with van der Waals surface area (Å²) >= 11 is 0. The number of nitrogens with zero attached hydrogens (tertiary/aromatic N) is 4. The van der Waals surface area contributed by atoms with E-state index in [1.165, 1.54) is 5.56 Å². The van der Waals surface area contributed by atoms with Crippen molar-refractivity contribution in [1.82, 2.24) is 20.2 Å². The first-order valence-corrected chi connectivity index (χ1v) is 6.84. The average Bonchev–Trinajstić information content (AvgIpc) is 2.97. The number of ether oxygens (including phenoxy) is 1. The second-order valence-electron chi connectivity index (χ2n) is 4.74. The highest BCUT2D eigenvalue weighted by molar-refractivity contribution is 5.52. The van der Waals surface area contributed by atoms with E-state index in [-0.39, 0.29) is 0 Å². The largest absolute Gasteiger partial charge is 0.492 e. The fourth-order valence-corrected chi connectivity index (χ4v) is 1.99. The van der Waals surface area contributed by atoms with Gasteiger partial charge in [-0.1, -0.05) is 42.5 Å². The van der Waals surface area contributed by atoms with Gasteiger partial charge in [0.2, 0.25) is 5.82 Å². The predicted octanol–water partition coefficient (Wildman–Crippen LogP) is 2.73. The maximum atomic E-state index is 5.68. The van der Waals surface area contributed by atoms with Gasteiger partial charge in [0, 0.05) is 5.56 Å². The van der Waals surface area contributed by atoms with Gasteiger partial charge in [-0.25, -0.2) is 0 Å². The van der Waals surface area contributed by atoms with Crippen LogP contribution >= 0.6 is 0 Å². The Balaban J connectivity index is 1.58. The summed E-state index contributed by atoms with van der Waals surface area (Å²) in [6, 6.07) is 17.8. The van der Waals surface area contributed by atoms with E-state index in [0.717, 1.165) is 11.3 Å². The molecule has 0 radical (unpaired) electrons. The van der Waals surface area contributed by atoms with Crippen LogP contribution in [0.4, 0.5) is 0 Å². The molecule has 0 atom stereocenters. The Kier molecular flexibility index (Phi) is 3.91. The fraction of sp³-hybridized carbons (Fsp3) is 0.188. The van der Waals surface area contributed by atoms with E-state index in [4.69, 9.17) is 4.74 Å². The minimum Gasteiger partial charge on any atom is -0.492 e. The van der Waals surface area contributed by atoms with Crippen LogP contribution in [0, 0.1) is 6.92 Å². The highest BCUT2D eigenvalue weighted by Crippen LogP contribution is 2.13. The van der Waals surface area contributed by atoms with Gasteiger partial charge in [-0.2, -0.15) is 4.80 Å². The lowest BCUT2D eigenvalue weighted by molar-refractivity contribution is 0.280. The molecule has 0 fully saturated rings. The maximum absolute atomic E-state index is 5.68. The second-order valence-corrected chi connectivity index (χ2v) is 4.74. The Bertz CT molecular complexity index is 709. The lowest BCUT2D eigenvalue weighted by Crippen LogP contribution is -2.11. The lowest BCUT2D eigenvalue weighted by atomic mass is 10.2. The summed E-state index contributed by atoms with van der Waals surface area (Å²) in [6.07, 6.45) is 0. The molecule has 5 heteroatoms. The third-order valence-electron chi connectivity index (χ3n) is 3.03. The molecule has 0 amide bonds. The minimum absolute atomic E-state index is 0.508. The summed E-state index contributed by atoms with van der Waals surface area (Å²) in [6.45, 7) is 3.11. The van der Waals surface area contributed by atoms with Crippen LogP contribution in [0.25, 0.3) is 11.4 Å². The Hall–Kier alpha value is -2.69. The average molecular weight is 280 g/mol. The minimum atomic E-state index is 0.508. The SMILES string of the molecule is Cc1cccc(OCCn2nnc(-c3ccccc3)n2)c1. The Morgan fingerprint density at radius 2 is 1.90 bits per heavy atom. The lowest BCUT2D eigenvalue weighted by Gasteiger charge is -2.05. The first-order valence-electron chi connectivity index (χ1n) is 6.84. The van der Waals surface area contributed by atoms with E-state index in [1.807, 2.05) is 61.5 Å². The molecule has 0 aliphatic rings. The van der Waals surface area contributed by atoms with Crippen LogP contribution in [0.5, 0.6) is 5.75 Å². The summed E-state index contributed by atoms with van der Waals surface area (Å²) in [5, 5.41) is 12.4. The van der Waals surface area contributed by atoms with Crippen LogP contribution in [-0.4, -0.2) is 26.8 Å². The molecule has 0 saturated heterocycles. The number of rotatable bonds is 5. The molecule has 1 aromatic heterocycles. The van der Waals surface area contributed by atoms with Crippen LogP contribution < -0.4 is 4.74 Å². The molecule has 0 aliphatic heterocycles. The Morgan fingerprint density at radius 1 is 1.05 bits per heavy atom. The molecular formula is C16H16N4O. The molecule has 3 rings (SSSR count). The highest BCUT2D eigenvalue weighted by atomic mass is 16.5. The number of tetrazole rings is 1. The van der Waals surface area contributed by atoms with Gasteiger partial charge in [0.05, 0.1) is 6.54 Å². The van der Waals surface area contributed by atoms with E-state index in [1.54, 1.807) is 4.80 Å². The van der Waals surface area contributed by atoms with Crippen LogP contribution in [0.3, 0.4) is 0 Å². The van der Waals surface area contributed by atoms with Gasteiger partial charge in [-0.3, -0.25) is 0 Å². The zero-order valence-corrected chi connectivity index (χ0v) is 11.8.